The average molecular weight is 208 g/mol. The number of hydrogen-bond acceptors (Lipinski definition) is 3. The van der Waals surface area contributed by atoms with Gasteiger partial charge in [0.1, 0.15) is 5.60 Å². The maximum absolute atomic E-state index is 11.2. The Morgan fingerprint density at radius 3 is 2.38 bits per heavy atom. The van der Waals surface area contributed by atoms with Crippen molar-refractivity contribution >= 4 is 13.6 Å². The lowest BCUT2D eigenvalue weighted by Crippen LogP contribution is -2.35. The van der Waals surface area contributed by atoms with Gasteiger partial charge in [-0.1, -0.05) is 13.5 Å². The van der Waals surface area contributed by atoms with Crippen LogP contribution in [-0.2, 0) is 13.9 Å². The van der Waals surface area contributed by atoms with Crippen molar-refractivity contribution in [1.82, 2.24) is 0 Å². The second-order valence-corrected chi connectivity index (χ2v) is 3.90. The van der Waals surface area contributed by atoms with Crippen LogP contribution >= 0.6 is 7.82 Å². The predicted octanol–water partition coefficient (Wildman–Crippen LogP) is 1.02. The molecule has 0 saturated carbocycles. The number of ketones is 1. The molecule has 0 aliphatic heterocycles. The summed E-state index contributed by atoms with van der Waals surface area (Å²) in [6, 6.07) is 0. The van der Waals surface area contributed by atoms with E-state index >= 15 is 0 Å². The van der Waals surface area contributed by atoms with Crippen molar-refractivity contribution in [1.29, 1.82) is 0 Å². The summed E-state index contributed by atoms with van der Waals surface area (Å²) in [5.41, 5.74) is -1.49. The molecule has 0 aliphatic carbocycles. The molecule has 1 unspecified atom stereocenters. The first-order valence-corrected chi connectivity index (χ1v) is 5.21. The molecule has 0 spiro atoms. The Labute approximate surface area is 76.7 Å². The molecular weight excluding hydrogens is 195 g/mol. The highest BCUT2D eigenvalue weighted by atomic mass is 31.2. The highest BCUT2D eigenvalue weighted by Gasteiger charge is 2.37. The molecule has 76 valence electrons. The van der Waals surface area contributed by atoms with E-state index in [4.69, 9.17) is 9.79 Å². The number of rotatable bonds is 5. The summed E-state index contributed by atoms with van der Waals surface area (Å²) in [5, 5.41) is 0. The molecule has 0 saturated heterocycles. The van der Waals surface area contributed by atoms with Gasteiger partial charge in [-0.2, -0.15) is 0 Å². The van der Waals surface area contributed by atoms with E-state index in [-0.39, 0.29) is 6.42 Å². The summed E-state index contributed by atoms with van der Waals surface area (Å²) < 4.78 is 14.9. The van der Waals surface area contributed by atoms with Crippen molar-refractivity contribution < 1.29 is 23.7 Å². The van der Waals surface area contributed by atoms with Crippen molar-refractivity contribution in [3.8, 4) is 0 Å². The van der Waals surface area contributed by atoms with E-state index in [1.807, 2.05) is 0 Å². The minimum atomic E-state index is -4.64. The van der Waals surface area contributed by atoms with Gasteiger partial charge in [0.05, 0.1) is 0 Å². The lowest BCUT2D eigenvalue weighted by atomic mass is 9.98. The molecule has 0 fully saturated rings. The molecule has 0 bridgehead atoms. The molecule has 0 aromatic rings. The maximum Gasteiger partial charge on any atom is 0.470 e. The van der Waals surface area contributed by atoms with Crippen molar-refractivity contribution in [2.75, 3.05) is 0 Å². The third-order valence-corrected chi connectivity index (χ3v) is 2.34. The van der Waals surface area contributed by atoms with Gasteiger partial charge in [-0.25, -0.2) is 4.57 Å². The Kier molecular flexibility index (Phi) is 4.00. The zero-order chi connectivity index (χ0) is 10.7. The summed E-state index contributed by atoms with van der Waals surface area (Å²) in [4.78, 5) is 28.2. The summed E-state index contributed by atoms with van der Waals surface area (Å²) in [6.45, 7) is 6.13. The van der Waals surface area contributed by atoms with E-state index < -0.39 is 19.2 Å². The Balaban J connectivity index is 4.75. The van der Waals surface area contributed by atoms with Crippen LogP contribution in [-0.4, -0.2) is 21.2 Å². The van der Waals surface area contributed by atoms with Crippen LogP contribution in [0.5, 0.6) is 0 Å². The minimum absolute atomic E-state index is 0.170. The van der Waals surface area contributed by atoms with Crippen LogP contribution in [0.3, 0.4) is 0 Å². The molecule has 2 N–H and O–H groups in total. The van der Waals surface area contributed by atoms with Gasteiger partial charge < -0.3 is 9.79 Å². The first-order chi connectivity index (χ1) is 5.75. The number of carbonyl (C=O) groups excluding carboxylic acids is 1. The van der Waals surface area contributed by atoms with Gasteiger partial charge in [-0.3, -0.25) is 9.32 Å². The maximum atomic E-state index is 11.2. The van der Waals surface area contributed by atoms with Gasteiger partial charge in [0.15, 0.2) is 5.78 Å². The molecule has 0 amide bonds. The summed E-state index contributed by atoms with van der Waals surface area (Å²) in [5.74, 6) is -0.543. The van der Waals surface area contributed by atoms with E-state index in [0.29, 0.717) is 0 Å². The van der Waals surface area contributed by atoms with E-state index in [1.165, 1.54) is 6.92 Å². The zero-order valence-electron chi connectivity index (χ0n) is 7.56. The first kappa shape index (κ1) is 12.5. The third kappa shape index (κ3) is 3.83. The Bertz CT molecular complexity index is 256. The van der Waals surface area contributed by atoms with Crippen LogP contribution in [0, 0.1) is 0 Å². The van der Waals surface area contributed by atoms with Crippen LogP contribution in [0.1, 0.15) is 20.3 Å². The lowest BCUT2D eigenvalue weighted by molar-refractivity contribution is -0.129. The van der Waals surface area contributed by atoms with E-state index in [9.17, 15) is 9.36 Å². The minimum Gasteiger partial charge on any atom is -0.303 e. The summed E-state index contributed by atoms with van der Waals surface area (Å²) in [7, 11) is -4.64. The van der Waals surface area contributed by atoms with Crippen molar-refractivity contribution in [2.24, 2.45) is 0 Å². The van der Waals surface area contributed by atoms with Gasteiger partial charge in [0.2, 0.25) is 0 Å². The quantitative estimate of drug-likeness (QED) is 0.520. The molecule has 0 rings (SSSR count). The van der Waals surface area contributed by atoms with Gasteiger partial charge in [-0.05, 0) is 19.4 Å². The molecule has 0 aliphatic rings. The lowest BCUT2D eigenvalue weighted by Gasteiger charge is -2.25. The monoisotopic (exact) mass is 208 g/mol. The molecule has 0 aromatic carbocycles. The largest absolute Gasteiger partial charge is 0.470 e. The highest BCUT2D eigenvalue weighted by molar-refractivity contribution is 7.46. The third-order valence-electron chi connectivity index (χ3n) is 1.70. The van der Waals surface area contributed by atoms with E-state index in [2.05, 4.69) is 11.1 Å². The Hall–Kier alpha value is -0.480. The zero-order valence-corrected chi connectivity index (χ0v) is 8.45. The standard InChI is InChI=1S/C7H13O5P/c1-4-6(8)7(3,5-2)12-13(9,10)11/h4H,1,5H2,2-3H3,(H2,9,10,11). The second-order valence-electron chi connectivity index (χ2n) is 2.73. The highest BCUT2D eigenvalue weighted by Crippen LogP contribution is 2.42. The fourth-order valence-corrected chi connectivity index (χ4v) is 1.51. The second kappa shape index (κ2) is 4.15. The normalized spacial score (nSPS) is 16.3. The first-order valence-electron chi connectivity index (χ1n) is 3.68. The van der Waals surface area contributed by atoms with E-state index in [0.717, 1.165) is 6.08 Å². The van der Waals surface area contributed by atoms with Crippen LogP contribution in [0.25, 0.3) is 0 Å². The van der Waals surface area contributed by atoms with Gasteiger partial charge >= 0.3 is 7.82 Å². The van der Waals surface area contributed by atoms with E-state index in [1.54, 1.807) is 6.92 Å². The number of hydrogen-bond donors (Lipinski definition) is 2. The number of phosphoric ester groups is 1. The van der Waals surface area contributed by atoms with Crippen LogP contribution < -0.4 is 0 Å². The molecular formula is C7H13O5P. The van der Waals surface area contributed by atoms with Gasteiger partial charge in [-0.15, -0.1) is 0 Å². The van der Waals surface area contributed by atoms with Crippen LogP contribution in [0.4, 0.5) is 0 Å². The topological polar surface area (TPSA) is 83.8 Å². The van der Waals surface area contributed by atoms with Crippen LogP contribution in [0.2, 0.25) is 0 Å². The molecule has 1 atom stereocenters. The fraction of sp³-hybridized carbons (Fsp3) is 0.571. The molecule has 6 heteroatoms. The fourth-order valence-electron chi connectivity index (χ4n) is 0.762. The number of phosphoric acid groups is 1. The smallest absolute Gasteiger partial charge is 0.303 e. The SMILES string of the molecule is C=CC(=O)C(C)(CC)OP(=O)(O)O. The molecule has 0 heterocycles. The summed E-state index contributed by atoms with van der Waals surface area (Å²) in [6.07, 6.45) is 1.15. The molecule has 13 heavy (non-hydrogen) atoms. The van der Waals surface area contributed by atoms with Gasteiger partial charge in [0, 0.05) is 0 Å². The van der Waals surface area contributed by atoms with Gasteiger partial charge in [0.25, 0.3) is 0 Å². The van der Waals surface area contributed by atoms with Crippen LogP contribution in [0.15, 0.2) is 12.7 Å². The molecule has 0 aromatic heterocycles. The predicted molar refractivity (Wildman–Crippen MR) is 47.0 cm³/mol. The molecule has 0 radical (unpaired) electrons. The van der Waals surface area contributed by atoms with Crippen molar-refractivity contribution in [3.63, 3.8) is 0 Å². The Morgan fingerprint density at radius 1 is 1.69 bits per heavy atom. The average Bonchev–Trinajstić information content (AvgIpc) is 1.99. The summed E-state index contributed by atoms with van der Waals surface area (Å²) >= 11 is 0. The van der Waals surface area contributed by atoms with Crippen molar-refractivity contribution in [3.05, 3.63) is 12.7 Å². The van der Waals surface area contributed by atoms with Crippen molar-refractivity contribution in [2.45, 2.75) is 25.9 Å². The molecule has 5 nitrogen and oxygen atoms in total. The number of carbonyl (C=O) groups is 1. The Morgan fingerprint density at radius 2 is 2.15 bits per heavy atom.